The molecule has 0 aromatic heterocycles. The van der Waals surface area contributed by atoms with E-state index >= 15 is 0 Å². The minimum absolute atomic E-state index is 0.0275. The topological polar surface area (TPSA) is 47.8 Å². The third-order valence-electron chi connectivity index (χ3n) is 3.73. The van der Waals surface area contributed by atoms with Crippen molar-refractivity contribution in [2.24, 2.45) is 0 Å². The van der Waals surface area contributed by atoms with Crippen molar-refractivity contribution in [3.8, 4) is 0 Å². The van der Waals surface area contributed by atoms with E-state index in [9.17, 15) is 9.90 Å². The molecule has 1 N–H and O–H groups in total. The maximum Gasteiger partial charge on any atom is 0.0870 e. The van der Waals surface area contributed by atoms with Crippen LogP contribution < -0.4 is 10.1 Å². The number of carboxylic acid groups (broad SMARTS) is 1. The van der Waals surface area contributed by atoms with Gasteiger partial charge in [0.25, 0.3) is 0 Å². The molecule has 20 heavy (non-hydrogen) atoms. The van der Waals surface area contributed by atoms with E-state index in [1.807, 2.05) is 19.1 Å². The fourth-order valence-corrected chi connectivity index (χ4v) is 2.41. The summed E-state index contributed by atoms with van der Waals surface area (Å²) in [7, 11) is 3.92. The van der Waals surface area contributed by atoms with Gasteiger partial charge in [0, 0.05) is 6.54 Å². The van der Waals surface area contributed by atoms with Gasteiger partial charge in [0.15, 0.2) is 0 Å². The predicted molar refractivity (Wildman–Crippen MR) is 81.2 cm³/mol. The lowest BCUT2D eigenvalue weighted by Crippen LogP contribution is -3.13. The van der Waals surface area contributed by atoms with Crippen LogP contribution in [0.1, 0.15) is 71.1 Å². The van der Waals surface area contributed by atoms with Crippen molar-refractivity contribution >= 4 is 5.97 Å². The highest BCUT2D eigenvalue weighted by Gasteiger charge is 2.10. The summed E-state index contributed by atoms with van der Waals surface area (Å²) in [5, 5.41) is 13.6. The predicted octanol–water partition coefficient (Wildman–Crippen LogP) is 1.02. The number of nitrogens with one attached hydrogen (secondary N) is 1. The lowest BCUT2D eigenvalue weighted by atomic mass is 10.1. The first-order chi connectivity index (χ1) is 9.57. The van der Waals surface area contributed by atoms with Crippen LogP contribution in [0.15, 0.2) is 0 Å². The lowest BCUT2D eigenvalue weighted by Gasteiger charge is -2.25. The van der Waals surface area contributed by atoms with E-state index in [0.29, 0.717) is 0 Å². The normalized spacial score (nSPS) is 11.4. The molecule has 4 heteroatoms. The molecule has 0 aliphatic rings. The zero-order valence-corrected chi connectivity index (χ0v) is 13.7. The van der Waals surface area contributed by atoms with Crippen LogP contribution in [0.2, 0.25) is 0 Å². The Labute approximate surface area is 125 Å². The molecule has 0 aromatic rings. The Bertz CT molecular complexity index is 233. The summed E-state index contributed by atoms with van der Waals surface area (Å²) in [6.07, 6.45) is 13.1. The van der Waals surface area contributed by atoms with E-state index in [-0.39, 0.29) is 6.54 Å². The molecule has 0 heterocycles. The van der Waals surface area contributed by atoms with E-state index in [1.54, 1.807) is 0 Å². The van der Waals surface area contributed by atoms with Gasteiger partial charge in [0.2, 0.25) is 0 Å². The van der Waals surface area contributed by atoms with Crippen molar-refractivity contribution in [2.75, 3.05) is 27.2 Å². The maximum atomic E-state index is 10.6. The van der Waals surface area contributed by atoms with Gasteiger partial charge >= 0.3 is 0 Å². The summed E-state index contributed by atoms with van der Waals surface area (Å²) < 4.78 is 0. The van der Waals surface area contributed by atoms with Crippen LogP contribution in [0.25, 0.3) is 0 Å². The van der Waals surface area contributed by atoms with Crippen LogP contribution in [-0.4, -0.2) is 38.2 Å². The van der Waals surface area contributed by atoms with E-state index < -0.39 is 5.97 Å². The van der Waals surface area contributed by atoms with Crippen LogP contribution in [0.5, 0.6) is 0 Å². The molecule has 120 valence electrons. The van der Waals surface area contributed by atoms with E-state index in [1.165, 1.54) is 57.8 Å². The zero-order chi connectivity index (χ0) is 15.2. The highest BCUT2D eigenvalue weighted by molar-refractivity contribution is 5.66. The van der Waals surface area contributed by atoms with Crippen molar-refractivity contribution in [1.82, 2.24) is 5.01 Å². The van der Waals surface area contributed by atoms with Crippen molar-refractivity contribution in [2.45, 2.75) is 71.1 Å². The Morgan fingerprint density at radius 3 is 1.75 bits per heavy atom. The molecule has 0 unspecified atom stereocenters. The van der Waals surface area contributed by atoms with Crippen molar-refractivity contribution in [3.05, 3.63) is 0 Å². The second-order valence-corrected chi connectivity index (χ2v) is 5.92. The van der Waals surface area contributed by atoms with Crippen molar-refractivity contribution < 1.29 is 14.9 Å². The Hall–Kier alpha value is -0.610. The molecular weight excluding hydrogens is 252 g/mol. The fraction of sp³-hybridized carbons (Fsp3) is 0.938. The number of unbranched alkanes of at least 4 members (excludes halogenated alkanes) is 9. The zero-order valence-electron chi connectivity index (χ0n) is 13.7. The molecule has 0 aromatic carbocycles. The third kappa shape index (κ3) is 12.4. The second-order valence-electron chi connectivity index (χ2n) is 5.92. The Morgan fingerprint density at radius 1 is 0.900 bits per heavy atom. The van der Waals surface area contributed by atoms with Gasteiger partial charge < -0.3 is 9.90 Å². The standard InChI is InChI=1S/C16H34N2O2/c1-4-5-6-7-8-9-10-11-12-13-14-18(17(2)3)15-16(19)20/h4-15H2,1-3H3,(H,19,20). The Morgan fingerprint density at radius 2 is 1.35 bits per heavy atom. The molecule has 4 nitrogen and oxygen atoms in total. The van der Waals surface area contributed by atoms with Gasteiger partial charge in [-0.2, -0.15) is 5.01 Å². The Kier molecular flexibility index (Phi) is 13.0. The molecule has 0 bridgehead atoms. The molecule has 0 amide bonds. The molecule has 0 spiro atoms. The van der Waals surface area contributed by atoms with E-state index in [0.717, 1.165) is 18.0 Å². The van der Waals surface area contributed by atoms with Gasteiger partial charge in [-0.1, -0.05) is 64.7 Å². The van der Waals surface area contributed by atoms with Gasteiger partial charge in [0.1, 0.15) is 0 Å². The van der Waals surface area contributed by atoms with Gasteiger partial charge in [-0.3, -0.25) is 5.01 Å². The molecule has 0 radical (unpaired) electrons. The summed E-state index contributed by atoms with van der Waals surface area (Å²) in [4.78, 5) is 10.6. The lowest BCUT2D eigenvalue weighted by molar-refractivity contribution is -0.981. The molecule has 0 atom stereocenters. The van der Waals surface area contributed by atoms with Gasteiger partial charge in [-0.05, 0) is 6.42 Å². The quantitative estimate of drug-likeness (QED) is 0.383. The number of carboxylic acids is 1. The molecule has 0 saturated carbocycles. The summed E-state index contributed by atoms with van der Waals surface area (Å²) in [5.41, 5.74) is 0. The van der Waals surface area contributed by atoms with Crippen molar-refractivity contribution in [3.63, 3.8) is 0 Å². The number of quaternary nitrogens is 1. The molecule has 0 saturated heterocycles. The second kappa shape index (κ2) is 13.4. The number of aliphatic carboxylic acids is 1. The summed E-state index contributed by atoms with van der Waals surface area (Å²) in [5.74, 6) is -0.988. The van der Waals surface area contributed by atoms with Gasteiger partial charge in [-0.15, -0.1) is 0 Å². The summed E-state index contributed by atoms with van der Waals surface area (Å²) >= 11 is 0. The maximum absolute atomic E-state index is 10.6. The first kappa shape index (κ1) is 19.4. The third-order valence-corrected chi connectivity index (χ3v) is 3.73. The van der Waals surface area contributed by atoms with Gasteiger partial charge in [-0.25, -0.2) is 0 Å². The number of carbonyl (C=O) groups excluding carboxylic acids is 1. The highest BCUT2D eigenvalue weighted by atomic mass is 16.4. The monoisotopic (exact) mass is 286 g/mol. The van der Waals surface area contributed by atoms with Crippen LogP contribution in [-0.2, 0) is 4.79 Å². The Balaban J connectivity index is 3.39. The molecule has 0 aliphatic carbocycles. The van der Waals surface area contributed by atoms with Crippen molar-refractivity contribution in [1.29, 1.82) is 0 Å². The van der Waals surface area contributed by atoms with Crippen LogP contribution in [0.3, 0.4) is 0 Å². The summed E-state index contributed by atoms with van der Waals surface area (Å²) in [6, 6.07) is 0. The van der Waals surface area contributed by atoms with E-state index in [4.69, 9.17) is 0 Å². The van der Waals surface area contributed by atoms with E-state index in [2.05, 4.69) is 6.92 Å². The molecule has 0 rings (SSSR count). The number of nitrogens with zero attached hydrogens (tertiary/aromatic N) is 1. The molecule has 0 fully saturated rings. The van der Waals surface area contributed by atoms with Gasteiger partial charge in [0.05, 0.1) is 26.6 Å². The SMILES string of the molecule is CCCCCCCCCCCCN(CC(=O)[O-])[NH+](C)C. The first-order valence-corrected chi connectivity index (χ1v) is 8.32. The highest BCUT2D eigenvalue weighted by Crippen LogP contribution is 2.10. The first-order valence-electron chi connectivity index (χ1n) is 8.32. The van der Waals surface area contributed by atoms with Crippen LogP contribution >= 0.6 is 0 Å². The fourth-order valence-electron chi connectivity index (χ4n) is 2.41. The smallest absolute Gasteiger partial charge is 0.0870 e. The van der Waals surface area contributed by atoms with Crippen LogP contribution in [0, 0.1) is 0 Å². The molecular formula is C16H34N2O2. The summed E-state index contributed by atoms with van der Waals surface area (Å²) in [6.45, 7) is 3.12. The number of hydrogen-bond acceptors (Lipinski definition) is 3. The minimum atomic E-state index is -0.988. The largest absolute Gasteiger partial charge is 0.549 e. The number of carbonyl (C=O) groups is 1. The average Bonchev–Trinajstić information content (AvgIpc) is 2.39. The average molecular weight is 286 g/mol. The molecule has 0 aliphatic heterocycles. The van der Waals surface area contributed by atoms with Crippen LogP contribution in [0.4, 0.5) is 0 Å². The number of rotatable bonds is 14. The minimum Gasteiger partial charge on any atom is -0.549 e. The number of hydrogen-bond donors (Lipinski definition) is 1.